The molecule has 0 radical (unpaired) electrons. The van der Waals surface area contributed by atoms with Gasteiger partial charge in [-0.2, -0.15) is 0 Å². The van der Waals surface area contributed by atoms with Crippen LogP contribution in [0.3, 0.4) is 0 Å². The first kappa shape index (κ1) is 19.3. The van der Waals surface area contributed by atoms with E-state index in [4.69, 9.17) is 9.47 Å². The summed E-state index contributed by atoms with van der Waals surface area (Å²) in [6, 6.07) is 12.4. The number of hydrogen-bond acceptors (Lipinski definition) is 6. The van der Waals surface area contributed by atoms with Gasteiger partial charge >= 0.3 is 0 Å². The van der Waals surface area contributed by atoms with E-state index in [1.807, 2.05) is 30.5 Å². The summed E-state index contributed by atoms with van der Waals surface area (Å²) in [4.78, 5) is 4.21. The number of aromatic nitrogens is 1. The third kappa shape index (κ3) is 4.85. The fourth-order valence-corrected chi connectivity index (χ4v) is 4.18. The predicted octanol–water partition coefficient (Wildman–Crippen LogP) is 3.98. The Balaban J connectivity index is 1.70. The SMILES string of the molecule is CCc1ccc(OC)c(S(=O)(=O)NCc2ccc(Oc3nccs3)cc2)c1. The first-order chi connectivity index (χ1) is 13.0. The molecule has 0 unspecified atom stereocenters. The Bertz CT molecular complexity index is 985. The van der Waals surface area contributed by atoms with E-state index in [-0.39, 0.29) is 11.4 Å². The second-order valence-corrected chi connectivity index (χ2v) is 8.30. The van der Waals surface area contributed by atoms with E-state index in [9.17, 15) is 8.42 Å². The van der Waals surface area contributed by atoms with Gasteiger partial charge in [0.2, 0.25) is 10.0 Å². The number of methoxy groups -OCH3 is 1. The molecular formula is C19H20N2O4S2. The van der Waals surface area contributed by atoms with E-state index in [0.29, 0.717) is 16.7 Å². The molecule has 3 rings (SSSR count). The van der Waals surface area contributed by atoms with Gasteiger partial charge in [0.05, 0.1) is 7.11 Å². The van der Waals surface area contributed by atoms with Crippen molar-refractivity contribution in [3.05, 3.63) is 65.2 Å². The summed E-state index contributed by atoms with van der Waals surface area (Å²) in [6.45, 7) is 2.14. The molecule has 0 atom stereocenters. The highest BCUT2D eigenvalue weighted by Crippen LogP contribution is 2.26. The highest BCUT2D eigenvalue weighted by Gasteiger charge is 2.19. The van der Waals surface area contributed by atoms with Gasteiger partial charge in [0.1, 0.15) is 16.4 Å². The molecule has 1 aromatic heterocycles. The minimum absolute atomic E-state index is 0.146. The zero-order chi connectivity index (χ0) is 19.3. The van der Waals surface area contributed by atoms with Crippen molar-refractivity contribution in [2.75, 3.05) is 7.11 Å². The van der Waals surface area contributed by atoms with Crippen LogP contribution in [0.2, 0.25) is 0 Å². The number of thiazole rings is 1. The standard InChI is InChI=1S/C19H20N2O4S2/c1-3-14-6-9-17(24-2)18(12-14)27(22,23)21-13-15-4-7-16(8-5-15)25-19-20-10-11-26-19/h4-12,21H,3,13H2,1-2H3. The zero-order valence-electron chi connectivity index (χ0n) is 15.0. The number of ether oxygens (including phenoxy) is 2. The molecule has 6 nitrogen and oxygen atoms in total. The smallest absolute Gasteiger partial charge is 0.278 e. The number of aryl methyl sites for hydroxylation is 1. The van der Waals surface area contributed by atoms with Crippen LogP contribution < -0.4 is 14.2 Å². The quantitative estimate of drug-likeness (QED) is 0.614. The molecule has 0 amide bonds. The van der Waals surface area contributed by atoms with Gasteiger partial charge in [0, 0.05) is 18.1 Å². The third-order valence-corrected chi connectivity index (χ3v) is 6.00. The Labute approximate surface area is 162 Å². The molecule has 0 saturated heterocycles. The minimum atomic E-state index is -3.70. The molecule has 0 saturated carbocycles. The molecule has 0 spiro atoms. The van der Waals surface area contributed by atoms with E-state index in [1.54, 1.807) is 30.5 Å². The summed E-state index contributed by atoms with van der Waals surface area (Å²) in [5.74, 6) is 0.973. The molecule has 1 heterocycles. The number of nitrogens with one attached hydrogen (secondary N) is 1. The van der Waals surface area contributed by atoms with Crippen molar-refractivity contribution in [1.29, 1.82) is 0 Å². The van der Waals surface area contributed by atoms with Crippen LogP contribution in [-0.4, -0.2) is 20.5 Å². The van der Waals surface area contributed by atoms with Crippen molar-refractivity contribution < 1.29 is 17.9 Å². The summed E-state index contributed by atoms with van der Waals surface area (Å²) >= 11 is 1.40. The first-order valence-electron chi connectivity index (χ1n) is 8.34. The predicted molar refractivity (Wildman–Crippen MR) is 105 cm³/mol. The molecule has 2 aromatic carbocycles. The van der Waals surface area contributed by atoms with E-state index in [2.05, 4.69) is 9.71 Å². The van der Waals surface area contributed by atoms with Gasteiger partial charge in [-0.3, -0.25) is 0 Å². The third-order valence-electron chi connectivity index (χ3n) is 3.93. The van der Waals surface area contributed by atoms with Gasteiger partial charge in [-0.1, -0.05) is 36.5 Å². The van der Waals surface area contributed by atoms with Crippen LogP contribution in [0.1, 0.15) is 18.1 Å². The van der Waals surface area contributed by atoms with Gasteiger partial charge in [0.25, 0.3) is 5.19 Å². The summed E-state index contributed by atoms with van der Waals surface area (Å²) in [6.07, 6.45) is 2.41. The average Bonchev–Trinajstić information content (AvgIpc) is 3.20. The van der Waals surface area contributed by atoms with E-state index >= 15 is 0 Å². The van der Waals surface area contributed by atoms with Crippen LogP contribution in [0.25, 0.3) is 0 Å². The fraction of sp³-hybridized carbons (Fsp3) is 0.211. The molecule has 0 aliphatic rings. The topological polar surface area (TPSA) is 77.5 Å². The normalized spacial score (nSPS) is 11.3. The molecule has 0 aliphatic heterocycles. The maximum Gasteiger partial charge on any atom is 0.278 e. The highest BCUT2D eigenvalue weighted by molar-refractivity contribution is 7.89. The maximum absolute atomic E-state index is 12.7. The van der Waals surface area contributed by atoms with Crippen molar-refractivity contribution in [1.82, 2.24) is 9.71 Å². The Kier molecular flexibility index (Phi) is 6.10. The van der Waals surface area contributed by atoms with Crippen LogP contribution in [0, 0.1) is 0 Å². The highest BCUT2D eigenvalue weighted by atomic mass is 32.2. The molecule has 27 heavy (non-hydrogen) atoms. The average molecular weight is 405 g/mol. The van der Waals surface area contributed by atoms with Crippen LogP contribution >= 0.6 is 11.3 Å². The molecule has 8 heteroatoms. The molecule has 0 fully saturated rings. The molecule has 0 bridgehead atoms. The zero-order valence-corrected chi connectivity index (χ0v) is 16.6. The lowest BCUT2D eigenvalue weighted by molar-refractivity contribution is 0.402. The first-order valence-corrected chi connectivity index (χ1v) is 10.7. The molecule has 0 aliphatic carbocycles. The van der Waals surface area contributed by atoms with Crippen molar-refractivity contribution in [3.8, 4) is 16.7 Å². The van der Waals surface area contributed by atoms with Crippen molar-refractivity contribution in [3.63, 3.8) is 0 Å². The number of nitrogens with zero attached hydrogens (tertiary/aromatic N) is 1. The summed E-state index contributed by atoms with van der Waals surface area (Å²) < 4.78 is 38.8. The lowest BCUT2D eigenvalue weighted by atomic mass is 10.2. The van der Waals surface area contributed by atoms with Crippen LogP contribution in [0.4, 0.5) is 0 Å². The molecule has 3 aromatic rings. The Morgan fingerprint density at radius 2 is 1.85 bits per heavy atom. The maximum atomic E-state index is 12.7. The number of rotatable bonds is 8. The Hall–Kier alpha value is -2.42. The number of hydrogen-bond donors (Lipinski definition) is 1. The molecule has 1 N–H and O–H groups in total. The Morgan fingerprint density at radius 3 is 2.48 bits per heavy atom. The van der Waals surface area contributed by atoms with Crippen molar-refractivity contribution >= 4 is 21.4 Å². The fourth-order valence-electron chi connectivity index (χ4n) is 2.44. The van der Waals surface area contributed by atoms with Gasteiger partial charge in [-0.25, -0.2) is 18.1 Å². The van der Waals surface area contributed by atoms with Crippen molar-refractivity contribution in [2.24, 2.45) is 0 Å². The van der Waals surface area contributed by atoms with E-state index in [0.717, 1.165) is 17.5 Å². The van der Waals surface area contributed by atoms with Crippen LogP contribution in [0.5, 0.6) is 16.7 Å². The van der Waals surface area contributed by atoms with Gasteiger partial charge in [-0.15, -0.1) is 0 Å². The van der Waals surface area contributed by atoms with Crippen molar-refractivity contribution in [2.45, 2.75) is 24.8 Å². The van der Waals surface area contributed by atoms with E-state index in [1.165, 1.54) is 18.4 Å². The number of benzene rings is 2. The largest absolute Gasteiger partial charge is 0.495 e. The van der Waals surface area contributed by atoms with Gasteiger partial charge in [-0.05, 0) is 41.8 Å². The lowest BCUT2D eigenvalue weighted by Gasteiger charge is -2.12. The molecule has 142 valence electrons. The minimum Gasteiger partial charge on any atom is -0.495 e. The monoisotopic (exact) mass is 404 g/mol. The van der Waals surface area contributed by atoms with Crippen LogP contribution in [-0.2, 0) is 23.0 Å². The second kappa shape index (κ2) is 8.51. The lowest BCUT2D eigenvalue weighted by Crippen LogP contribution is -2.24. The second-order valence-electron chi connectivity index (χ2n) is 5.71. The van der Waals surface area contributed by atoms with E-state index < -0.39 is 10.0 Å². The summed E-state index contributed by atoms with van der Waals surface area (Å²) in [7, 11) is -2.24. The van der Waals surface area contributed by atoms with Gasteiger partial charge in [0.15, 0.2) is 0 Å². The number of sulfonamides is 1. The van der Waals surface area contributed by atoms with Crippen LogP contribution in [0.15, 0.2) is 58.9 Å². The van der Waals surface area contributed by atoms with Gasteiger partial charge < -0.3 is 9.47 Å². The molecular weight excluding hydrogens is 384 g/mol. The summed E-state index contributed by atoms with van der Waals surface area (Å²) in [5.41, 5.74) is 1.75. The Morgan fingerprint density at radius 1 is 1.11 bits per heavy atom. The summed E-state index contributed by atoms with van der Waals surface area (Å²) in [5, 5.41) is 2.40.